The zero-order valence-corrected chi connectivity index (χ0v) is 9.18. The van der Waals surface area contributed by atoms with Gasteiger partial charge in [-0.1, -0.05) is 30.4 Å². The number of allylic oxidation sites excluding steroid dienone is 7. The lowest BCUT2D eigenvalue weighted by molar-refractivity contribution is 0.728. The smallest absolute Gasteiger partial charge is 0.0344 e. The van der Waals surface area contributed by atoms with Crippen LogP contribution in [0.5, 0.6) is 0 Å². The Kier molecular flexibility index (Phi) is 1.94. The fourth-order valence-corrected chi connectivity index (χ4v) is 4.09. The average molecular weight is 202 g/mol. The van der Waals surface area contributed by atoms with Gasteiger partial charge in [0.1, 0.15) is 0 Å². The average Bonchev–Trinajstić information content (AvgIpc) is 2.59. The molecule has 2 atom stereocenters. The van der Waals surface area contributed by atoms with E-state index in [2.05, 4.69) is 49.1 Å². The number of hydrogen-bond acceptors (Lipinski definition) is 1. The van der Waals surface area contributed by atoms with Crippen LogP contribution in [-0.4, -0.2) is 5.25 Å². The van der Waals surface area contributed by atoms with Gasteiger partial charge in [-0.05, 0) is 35.8 Å². The summed E-state index contributed by atoms with van der Waals surface area (Å²) in [5, 5.41) is 0.745. The fourth-order valence-electron chi connectivity index (χ4n) is 2.54. The molecule has 1 saturated heterocycles. The van der Waals surface area contributed by atoms with Crippen molar-refractivity contribution in [1.82, 2.24) is 0 Å². The summed E-state index contributed by atoms with van der Waals surface area (Å²) in [5.74, 6) is 0.722. The molecule has 3 aliphatic rings. The lowest BCUT2D eigenvalue weighted by atomic mass is 9.86. The lowest BCUT2D eigenvalue weighted by Crippen LogP contribution is -2.09. The third kappa shape index (κ3) is 1.15. The first-order chi connectivity index (χ1) is 6.86. The highest BCUT2D eigenvalue weighted by atomic mass is 32.2. The molecule has 2 unspecified atom stereocenters. The Morgan fingerprint density at radius 3 is 3.14 bits per heavy atom. The van der Waals surface area contributed by atoms with Gasteiger partial charge in [0.25, 0.3) is 0 Å². The van der Waals surface area contributed by atoms with E-state index in [0.717, 1.165) is 11.2 Å². The highest BCUT2D eigenvalue weighted by molar-refractivity contribution is 8.04. The van der Waals surface area contributed by atoms with Crippen molar-refractivity contribution >= 4 is 11.8 Å². The molecule has 0 aromatic heterocycles. The Balaban J connectivity index is 2.04. The second kappa shape index (κ2) is 3.16. The van der Waals surface area contributed by atoms with E-state index in [1.165, 1.54) is 18.4 Å². The van der Waals surface area contributed by atoms with Gasteiger partial charge >= 0.3 is 0 Å². The van der Waals surface area contributed by atoms with E-state index in [1.54, 1.807) is 10.5 Å². The van der Waals surface area contributed by atoms with Gasteiger partial charge in [0.05, 0.1) is 0 Å². The minimum atomic E-state index is 0.722. The first kappa shape index (κ1) is 8.60. The maximum Gasteiger partial charge on any atom is 0.0344 e. The largest absolute Gasteiger partial charge is 0.121 e. The van der Waals surface area contributed by atoms with Crippen molar-refractivity contribution in [2.24, 2.45) is 5.92 Å². The number of fused-ring (bicyclic) bond motifs is 3. The van der Waals surface area contributed by atoms with Crippen LogP contribution in [0.25, 0.3) is 0 Å². The third-order valence-electron chi connectivity index (χ3n) is 3.26. The van der Waals surface area contributed by atoms with E-state index in [-0.39, 0.29) is 0 Å². The Labute approximate surface area is 89.5 Å². The molecule has 0 amide bonds. The predicted molar refractivity (Wildman–Crippen MR) is 63.2 cm³/mol. The summed E-state index contributed by atoms with van der Waals surface area (Å²) in [6.07, 6.45) is 13.9. The van der Waals surface area contributed by atoms with Crippen LogP contribution in [0.2, 0.25) is 0 Å². The molecule has 1 heteroatoms. The van der Waals surface area contributed by atoms with Gasteiger partial charge in [0.15, 0.2) is 0 Å². The van der Waals surface area contributed by atoms with Crippen molar-refractivity contribution in [2.75, 3.05) is 0 Å². The molecule has 2 aliphatic carbocycles. The van der Waals surface area contributed by atoms with Crippen LogP contribution in [0, 0.1) is 5.92 Å². The SMILES string of the molecule is CC1=C2SC3CC=CC=C3C2CC=C1. The van der Waals surface area contributed by atoms with E-state index in [9.17, 15) is 0 Å². The van der Waals surface area contributed by atoms with Gasteiger partial charge in [0, 0.05) is 11.2 Å². The van der Waals surface area contributed by atoms with Gasteiger partial charge in [-0.3, -0.25) is 0 Å². The highest BCUT2D eigenvalue weighted by Gasteiger charge is 2.36. The number of hydrogen-bond donors (Lipinski definition) is 0. The molecule has 72 valence electrons. The normalized spacial score (nSPS) is 34.2. The van der Waals surface area contributed by atoms with E-state index >= 15 is 0 Å². The molecule has 0 radical (unpaired) electrons. The van der Waals surface area contributed by atoms with E-state index in [1.807, 2.05) is 0 Å². The molecule has 14 heavy (non-hydrogen) atoms. The van der Waals surface area contributed by atoms with Crippen LogP contribution in [0.15, 0.2) is 46.4 Å². The Hall–Kier alpha value is -0.690. The minimum Gasteiger partial charge on any atom is -0.121 e. The van der Waals surface area contributed by atoms with Gasteiger partial charge < -0.3 is 0 Å². The zero-order chi connectivity index (χ0) is 9.54. The van der Waals surface area contributed by atoms with Gasteiger partial charge in [-0.2, -0.15) is 0 Å². The summed E-state index contributed by atoms with van der Waals surface area (Å²) in [5.41, 5.74) is 3.15. The highest BCUT2D eigenvalue weighted by Crippen LogP contribution is 2.52. The summed E-state index contributed by atoms with van der Waals surface area (Å²) in [6.45, 7) is 2.25. The van der Waals surface area contributed by atoms with Crippen molar-refractivity contribution in [3.63, 3.8) is 0 Å². The predicted octanol–water partition coefficient (Wildman–Crippen LogP) is 3.84. The maximum absolute atomic E-state index is 2.34. The molecule has 0 bridgehead atoms. The van der Waals surface area contributed by atoms with Crippen molar-refractivity contribution in [2.45, 2.75) is 25.0 Å². The second-order valence-corrected chi connectivity index (χ2v) is 5.42. The topological polar surface area (TPSA) is 0 Å². The van der Waals surface area contributed by atoms with Crippen LogP contribution in [-0.2, 0) is 0 Å². The summed E-state index contributed by atoms with van der Waals surface area (Å²) in [4.78, 5) is 1.63. The summed E-state index contributed by atoms with van der Waals surface area (Å²) < 4.78 is 0. The Bertz CT molecular complexity index is 382. The quantitative estimate of drug-likeness (QED) is 0.575. The van der Waals surface area contributed by atoms with Crippen LogP contribution in [0.1, 0.15) is 19.8 Å². The molecule has 0 nitrogen and oxygen atoms in total. The van der Waals surface area contributed by atoms with Gasteiger partial charge in [-0.25, -0.2) is 0 Å². The maximum atomic E-state index is 2.34. The zero-order valence-electron chi connectivity index (χ0n) is 8.36. The molecule has 0 N–H and O–H groups in total. The fraction of sp³-hybridized carbons (Fsp3) is 0.385. The molecular formula is C13H14S. The minimum absolute atomic E-state index is 0.722. The molecule has 0 spiro atoms. The molecule has 1 fully saturated rings. The standard InChI is InChI=1S/C13H14S/c1-9-5-4-7-11-10-6-2-3-8-12(10)14-13(9)11/h2-6,11-12H,7-8H2,1H3. The molecular weight excluding hydrogens is 188 g/mol. The molecule has 3 rings (SSSR count). The van der Waals surface area contributed by atoms with Crippen molar-refractivity contribution in [3.8, 4) is 0 Å². The number of thioether (sulfide) groups is 1. The molecule has 0 saturated carbocycles. The first-order valence-electron chi connectivity index (χ1n) is 5.27. The van der Waals surface area contributed by atoms with Crippen LogP contribution in [0.3, 0.4) is 0 Å². The first-order valence-corrected chi connectivity index (χ1v) is 6.15. The summed E-state index contributed by atoms with van der Waals surface area (Å²) in [7, 11) is 0. The second-order valence-electron chi connectivity index (χ2n) is 4.17. The van der Waals surface area contributed by atoms with Crippen molar-refractivity contribution in [3.05, 3.63) is 46.4 Å². The molecule has 1 heterocycles. The van der Waals surface area contributed by atoms with Gasteiger partial charge in [-0.15, -0.1) is 11.8 Å². The number of rotatable bonds is 0. The lowest BCUT2D eigenvalue weighted by Gasteiger charge is -2.18. The molecule has 0 aromatic carbocycles. The summed E-state index contributed by atoms with van der Waals surface area (Å²) in [6, 6.07) is 0. The summed E-state index contributed by atoms with van der Waals surface area (Å²) >= 11 is 2.10. The van der Waals surface area contributed by atoms with E-state index in [4.69, 9.17) is 0 Å². The van der Waals surface area contributed by atoms with E-state index in [0.29, 0.717) is 0 Å². The van der Waals surface area contributed by atoms with Crippen molar-refractivity contribution < 1.29 is 0 Å². The van der Waals surface area contributed by atoms with Crippen LogP contribution >= 0.6 is 11.8 Å². The van der Waals surface area contributed by atoms with E-state index < -0.39 is 0 Å². The van der Waals surface area contributed by atoms with Crippen molar-refractivity contribution in [1.29, 1.82) is 0 Å². The third-order valence-corrected chi connectivity index (χ3v) is 4.87. The monoisotopic (exact) mass is 202 g/mol. The Morgan fingerprint density at radius 2 is 2.21 bits per heavy atom. The van der Waals surface area contributed by atoms with Crippen LogP contribution < -0.4 is 0 Å². The Morgan fingerprint density at radius 1 is 1.29 bits per heavy atom. The van der Waals surface area contributed by atoms with Gasteiger partial charge in [0.2, 0.25) is 0 Å². The molecule has 0 aromatic rings. The molecule has 1 aliphatic heterocycles. The van der Waals surface area contributed by atoms with Crippen LogP contribution in [0.4, 0.5) is 0 Å².